The molecule has 1 aliphatic rings. The molecule has 3 rings (SSSR count). The summed E-state index contributed by atoms with van der Waals surface area (Å²) in [5.41, 5.74) is 4.80. The smallest absolute Gasteiger partial charge is 0.228 e. The van der Waals surface area contributed by atoms with Crippen LogP contribution in [0, 0.1) is 32.6 Å². The standard InChI is InChI=1S/C23H28N2O3/c1-13(2)28-18-8-6-17(7-9-18)24-22(26)19-12-20(19)23(27)25-21-15(4)10-14(3)11-16(21)5/h6-11,13,19-20H,12H2,1-5H3,(H,24,26)(H,25,27). The Hall–Kier alpha value is -2.82. The van der Waals surface area contributed by atoms with Gasteiger partial charge in [-0.1, -0.05) is 17.7 Å². The Kier molecular flexibility index (Phi) is 5.73. The van der Waals surface area contributed by atoms with E-state index in [-0.39, 0.29) is 29.8 Å². The first-order valence-corrected chi connectivity index (χ1v) is 9.71. The molecule has 0 aromatic heterocycles. The quantitative estimate of drug-likeness (QED) is 0.769. The molecule has 0 radical (unpaired) electrons. The number of benzene rings is 2. The Morgan fingerprint density at radius 3 is 2.00 bits per heavy atom. The highest BCUT2D eigenvalue weighted by Gasteiger charge is 2.48. The van der Waals surface area contributed by atoms with E-state index in [4.69, 9.17) is 4.74 Å². The van der Waals surface area contributed by atoms with E-state index in [1.165, 1.54) is 5.56 Å². The van der Waals surface area contributed by atoms with Gasteiger partial charge in [-0.05, 0) is 76.4 Å². The summed E-state index contributed by atoms with van der Waals surface area (Å²) in [6, 6.07) is 11.4. The third-order valence-corrected chi connectivity index (χ3v) is 4.88. The zero-order valence-electron chi connectivity index (χ0n) is 17.1. The number of rotatable bonds is 6. The van der Waals surface area contributed by atoms with Gasteiger partial charge in [0.25, 0.3) is 0 Å². The maximum Gasteiger partial charge on any atom is 0.228 e. The second kappa shape index (κ2) is 8.05. The number of hydrogen-bond donors (Lipinski definition) is 2. The van der Waals surface area contributed by atoms with Crippen LogP contribution in [0.3, 0.4) is 0 Å². The van der Waals surface area contributed by atoms with Gasteiger partial charge < -0.3 is 15.4 Å². The molecule has 0 aliphatic heterocycles. The topological polar surface area (TPSA) is 67.4 Å². The van der Waals surface area contributed by atoms with Crippen molar-refractivity contribution in [3.63, 3.8) is 0 Å². The number of carbonyl (C=O) groups excluding carboxylic acids is 2. The van der Waals surface area contributed by atoms with Crippen LogP contribution in [0.1, 0.15) is 37.0 Å². The third kappa shape index (κ3) is 4.71. The minimum Gasteiger partial charge on any atom is -0.491 e. The molecule has 148 valence electrons. The fourth-order valence-electron chi connectivity index (χ4n) is 3.49. The van der Waals surface area contributed by atoms with Gasteiger partial charge in [0.2, 0.25) is 11.8 Å². The third-order valence-electron chi connectivity index (χ3n) is 4.88. The summed E-state index contributed by atoms with van der Waals surface area (Å²) in [5.74, 6) is 0.00715. The number of hydrogen-bond acceptors (Lipinski definition) is 3. The van der Waals surface area contributed by atoms with Crippen LogP contribution < -0.4 is 15.4 Å². The molecule has 5 nitrogen and oxygen atoms in total. The summed E-state index contributed by atoms with van der Waals surface area (Å²) in [6.07, 6.45) is 0.683. The van der Waals surface area contributed by atoms with Gasteiger partial charge in [0.05, 0.1) is 17.9 Å². The molecule has 0 bridgehead atoms. The molecular weight excluding hydrogens is 352 g/mol. The molecule has 0 saturated heterocycles. The lowest BCUT2D eigenvalue weighted by molar-refractivity contribution is -0.122. The Bertz CT molecular complexity index is 864. The average molecular weight is 380 g/mol. The molecular formula is C23H28N2O3. The molecule has 1 fully saturated rings. The van der Waals surface area contributed by atoms with Crippen molar-refractivity contribution in [2.75, 3.05) is 10.6 Å². The van der Waals surface area contributed by atoms with Crippen molar-refractivity contribution in [1.82, 2.24) is 0 Å². The van der Waals surface area contributed by atoms with E-state index in [0.717, 1.165) is 22.6 Å². The monoisotopic (exact) mass is 380 g/mol. The molecule has 28 heavy (non-hydrogen) atoms. The first-order chi connectivity index (χ1) is 13.2. The number of carbonyl (C=O) groups is 2. The highest BCUT2D eigenvalue weighted by atomic mass is 16.5. The number of amides is 2. The molecule has 2 amide bonds. The molecule has 1 saturated carbocycles. The number of ether oxygens (including phenoxy) is 1. The minimum atomic E-state index is -0.280. The second-order valence-corrected chi connectivity index (χ2v) is 7.89. The van der Waals surface area contributed by atoms with Gasteiger partial charge in [0.15, 0.2) is 0 Å². The van der Waals surface area contributed by atoms with Crippen LogP contribution in [0.4, 0.5) is 11.4 Å². The van der Waals surface area contributed by atoms with Gasteiger partial charge in [0.1, 0.15) is 5.75 Å². The highest BCUT2D eigenvalue weighted by Crippen LogP contribution is 2.40. The molecule has 0 heterocycles. The van der Waals surface area contributed by atoms with E-state index < -0.39 is 0 Å². The fraction of sp³-hybridized carbons (Fsp3) is 0.391. The Morgan fingerprint density at radius 2 is 1.46 bits per heavy atom. The zero-order valence-corrected chi connectivity index (χ0v) is 17.1. The van der Waals surface area contributed by atoms with Gasteiger partial charge in [0, 0.05) is 11.4 Å². The maximum absolute atomic E-state index is 12.6. The van der Waals surface area contributed by atoms with Crippen molar-refractivity contribution in [2.45, 2.75) is 47.1 Å². The predicted molar refractivity (Wildman–Crippen MR) is 112 cm³/mol. The Balaban J connectivity index is 1.56. The van der Waals surface area contributed by atoms with E-state index in [1.54, 1.807) is 0 Å². The number of anilines is 2. The lowest BCUT2D eigenvalue weighted by Crippen LogP contribution is -2.21. The molecule has 2 aromatic carbocycles. The Morgan fingerprint density at radius 1 is 0.929 bits per heavy atom. The number of aryl methyl sites for hydroxylation is 3. The van der Waals surface area contributed by atoms with E-state index in [1.807, 2.05) is 71.0 Å². The van der Waals surface area contributed by atoms with Gasteiger partial charge in [-0.25, -0.2) is 0 Å². The van der Waals surface area contributed by atoms with Crippen molar-refractivity contribution in [3.05, 3.63) is 53.1 Å². The van der Waals surface area contributed by atoms with Crippen molar-refractivity contribution in [3.8, 4) is 5.75 Å². The van der Waals surface area contributed by atoms with Crippen molar-refractivity contribution in [2.24, 2.45) is 11.8 Å². The maximum atomic E-state index is 12.6. The van der Waals surface area contributed by atoms with Crippen LogP contribution in [-0.4, -0.2) is 17.9 Å². The molecule has 0 spiro atoms. The zero-order chi connectivity index (χ0) is 20.4. The fourth-order valence-corrected chi connectivity index (χ4v) is 3.49. The summed E-state index contributed by atoms with van der Waals surface area (Å²) < 4.78 is 5.60. The minimum absolute atomic E-state index is 0.0871. The number of nitrogens with one attached hydrogen (secondary N) is 2. The van der Waals surface area contributed by atoms with Crippen LogP contribution in [0.5, 0.6) is 5.75 Å². The van der Waals surface area contributed by atoms with E-state index >= 15 is 0 Å². The Labute approximate surface area is 166 Å². The summed E-state index contributed by atoms with van der Waals surface area (Å²) in [4.78, 5) is 25.0. The first-order valence-electron chi connectivity index (χ1n) is 9.71. The SMILES string of the molecule is Cc1cc(C)c(NC(=O)C2CC2C(=O)Nc2ccc(OC(C)C)cc2)c(C)c1. The van der Waals surface area contributed by atoms with Crippen LogP contribution in [0.2, 0.25) is 0 Å². The van der Waals surface area contributed by atoms with Crippen LogP contribution in [0.25, 0.3) is 0 Å². The summed E-state index contributed by atoms with van der Waals surface area (Å²) in [6.45, 7) is 9.94. The molecule has 2 aromatic rings. The highest BCUT2D eigenvalue weighted by molar-refractivity contribution is 6.03. The van der Waals surface area contributed by atoms with E-state index in [9.17, 15) is 9.59 Å². The molecule has 2 N–H and O–H groups in total. The van der Waals surface area contributed by atoms with Gasteiger partial charge in [-0.3, -0.25) is 9.59 Å². The lowest BCUT2D eigenvalue weighted by Gasteiger charge is -2.13. The molecule has 2 atom stereocenters. The largest absolute Gasteiger partial charge is 0.491 e. The predicted octanol–water partition coefficient (Wildman–Crippen LogP) is 4.61. The summed E-state index contributed by atoms with van der Waals surface area (Å²) >= 11 is 0. The van der Waals surface area contributed by atoms with Crippen LogP contribution in [-0.2, 0) is 9.59 Å². The second-order valence-electron chi connectivity index (χ2n) is 7.89. The molecule has 1 aliphatic carbocycles. The molecule has 5 heteroatoms. The van der Waals surface area contributed by atoms with Crippen LogP contribution in [0.15, 0.2) is 36.4 Å². The summed E-state index contributed by atoms with van der Waals surface area (Å²) in [5, 5.41) is 5.90. The van der Waals surface area contributed by atoms with E-state index in [2.05, 4.69) is 10.6 Å². The lowest BCUT2D eigenvalue weighted by atomic mass is 10.0. The van der Waals surface area contributed by atoms with Crippen molar-refractivity contribution in [1.29, 1.82) is 0 Å². The van der Waals surface area contributed by atoms with Gasteiger partial charge in [-0.2, -0.15) is 0 Å². The first kappa shape index (κ1) is 19.9. The van der Waals surface area contributed by atoms with E-state index in [0.29, 0.717) is 12.1 Å². The van der Waals surface area contributed by atoms with Crippen LogP contribution >= 0.6 is 0 Å². The summed E-state index contributed by atoms with van der Waals surface area (Å²) in [7, 11) is 0. The average Bonchev–Trinajstić information content (AvgIpc) is 3.40. The molecule has 2 unspecified atom stereocenters. The van der Waals surface area contributed by atoms with Gasteiger partial charge in [-0.15, -0.1) is 0 Å². The van der Waals surface area contributed by atoms with Crippen molar-refractivity contribution >= 4 is 23.2 Å². The van der Waals surface area contributed by atoms with Crippen molar-refractivity contribution < 1.29 is 14.3 Å². The van der Waals surface area contributed by atoms with Gasteiger partial charge >= 0.3 is 0 Å². The normalized spacial score (nSPS) is 17.9.